The maximum atomic E-state index is 5.22. The van der Waals surface area contributed by atoms with Crippen LogP contribution in [0.3, 0.4) is 0 Å². The molecule has 0 atom stereocenters. The van der Waals surface area contributed by atoms with Crippen LogP contribution in [0.5, 0.6) is 0 Å². The predicted molar refractivity (Wildman–Crippen MR) is 54.7 cm³/mol. The maximum absolute atomic E-state index is 5.22. The van der Waals surface area contributed by atoms with Crippen LogP contribution in [-0.2, 0) is 4.74 Å². The zero-order valence-electron chi connectivity index (χ0n) is 7.21. The molecule has 0 bridgehead atoms. The van der Waals surface area contributed by atoms with Crippen LogP contribution in [0, 0.1) is 0 Å². The Labute approximate surface area is 77.4 Å². The molecule has 4 heteroatoms. The summed E-state index contributed by atoms with van der Waals surface area (Å²) in [5.41, 5.74) is 0. The summed E-state index contributed by atoms with van der Waals surface area (Å²) in [6.45, 7) is 2.31. The molecular formula is C7H17O2S2+. The van der Waals surface area contributed by atoms with Gasteiger partial charge in [0.05, 0.1) is 12.4 Å². The van der Waals surface area contributed by atoms with E-state index in [9.17, 15) is 0 Å². The number of rotatable bonds is 8. The molecule has 0 aromatic rings. The van der Waals surface area contributed by atoms with Crippen LogP contribution in [-0.4, -0.2) is 48.8 Å². The largest absolute Gasteiger partial charge is 0.411 e. The number of ether oxygens (including phenoxy) is 2. The van der Waals surface area contributed by atoms with Crippen molar-refractivity contribution in [1.82, 2.24) is 0 Å². The molecular weight excluding hydrogens is 180 g/mol. The van der Waals surface area contributed by atoms with Gasteiger partial charge < -0.3 is 9.47 Å². The predicted octanol–water partition coefficient (Wildman–Crippen LogP) is 1.21. The Balaban J connectivity index is 2.69. The van der Waals surface area contributed by atoms with Crippen molar-refractivity contribution in [2.24, 2.45) is 0 Å². The lowest BCUT2D eigenvalue weighted by Gasteiger charge is -2.00. The van der Waals surface area contributed by atoms with Crippen LogP contribution < -0.4 is 0 Å². The van der Waals surface area contributed by atoms with Gasteiger partial charge in [-0.25, -0.2) is 0 Å². The van der Waals surface area contributed by atoms with Crippen molar-refractivity contribution in [2.75, 3.05) is 44.0 Å². The third-order valence-electron chi connectivity index (χ3n) is 1.07. The van der Waals surface area contributed by atoms with Crippen molar-refractivity contribution in [3.8, 4) is 0 Å². The summed E-state index contributed by atoms with van der Waals surface area (Å²) in [7, 11) is 0. The second-order valence-electron chi connectivity index (χ2n) is 1.97. The molecule has 11 heavy (non-hydrogen) atoms. The van der Waals surface area contributed by atoms with E-state index < -0.39 is 0 Å². The third-order valence-corrected chi connectivity index (χ3v) is 2.23. The number of hydrogen-bond acceptors (Lipinski definition) is 3. The van der Waals surface area contributed by atoms with E-state index in [-0.39, 0.29) is 0 Å². The lowest BCUT2D eigenvalue weighted by Crippen LogP contribution is -2.09. The Hall–Kier alpha value is 0.620. The zero-order chi connectivity index (χ0) is 8.36. The monoisotopic (exact) mass is 197 g/mol. The number of aliphatic hydroxyl groups is 2. The normalized spacial score (nSPS) is 10.4. The molecule has 0 heterocycles. The molecule has 0 aliphatic rings. The van der Waals surface area contributed by atoms with Crippen LogP contribution >= 0.6 is 23.5 Å². The van der Waals surface area contributed by atoms with Crippen LogP contribution in [0.4, 0.5) is 0 Å². The highest BCUT2D eigenvalue weighted by Crippen LogP contribution is 1.91. The second kappa shape index (κ2) is 10.6. The van der Waals surface area contributed by atoms with Crippen molar-refractivity contribution in [2.45, 2.75) is 0 Å². The quantitative estimate of drug-likeness (QED) is 0.332. The summed E-state index contributed by atoms with van der Waals surface area (Å²) in [6.07, 6.45) is 4.17. The maximum Gasteiger partial charge on any atom is 0.254 e. The van der Waals surface area contributed by atoms with Crippen molar-refractivity contribution >= 4 is 23.5 Å². The molecule has 0 spiro atoms. The van der Waals surface area contributed by atoms with Gasteiger partial charge in [-0.1, -0.05) is 0 Å². The summed E-state index contributed by atoms with van der Waals surface area (Å²) in [6, 6.07) is 0. The standard InChI is InChI=1S/C7H16O2S2/c1-10-5-3-8-7-9-4-6-11-2/h3-7H2,1-2H3/p+1. The summed E-state index contributed by atoms with van der Waals surface area (Å²) >= 11 is 3.62. The van der Waals surface area contributed by atoms with Gasteiger partial charge in [0, 0.05) is 5.75 Å². The first kappa shape index (κ1) is 11.6. The van der Waals surface area contributed by atoms with E-state index in [1.807, 2.05) is 11.8 Å². The molecule has 0 radical (unpaired) electrons. The highest BCUT2D eigenvalue weighted by Gasteiger charge is 1.91. The fraction of sp³-hybridized carbons (Fsp3) is 1.00. The van der Waals surface area contributed by atoms with Gasteiger partial charge in [-0.3, -0.25) is 0 Å². The van der Waals surface area contributed by atoms with Gasteiger partial charge in [0.2, 0.25) is 0 Å². The lowest BCUT2D eigenvalue weighted by atomic mass is 10.8. The molecule has 0 aliphatic heterocycles. The number of thioether (sulfide) groups is 2. The first-order valence-corrected chi connectivity index (χ1v) is 6.39. The zero-order valence-corrected chi connectivity index (χ0v) is 8.84. The van der Waals surface area contributed by atoms with Crippen LogP contribution in [0.1, 0.15) is 0 Å². The molecule has 1 N–H and O–H groups in total. The molecule has 0 saturated carbocycles. The highest BCUT2D eigenvalue weighted by molar-refractivity contribution is 7.98. The van der Waals surface area contributed by atoms with Gasteiger partial charge in [0.1, 0.15) is 0 Å². The Morgan fingerprint density at radius 2 is 1.91 bits per heavy atom. The van der Waals surface area contributed by atoms with Gasteiger partial charge in [-0.2, -0.15) is 23.5 Å². The van der Waals surface area contributed by atoms with Gasteiger partial charge in [0.25, 0.3) is 6.79 Å². The molecule has 0 aromatic heterocycles. The van der Waals surface area contributed by atoms with E-state index in [4.69, 9.17) is 4.74 Å². The van der Waals surface area contributed by atoms with Gasteiger partial charge in [-0.05, 0) is 12.5 Å². The molecule has 68 valence electrons. The average Bonchev–Trinajstić information content (AvgIpc) is 2.03. The average molecular weight is 197 g/mol. The van der Waals surface area contributed by atoms with E-state index in [1.165, 1.54) is 0 Å². The molecule has 0 unspecified atom stereocenters. The Bertz CT molecular complexity index is 63.5. The fourth-order valence-electron chi connectivity index (χ4n) is 0.492. The first-order valence-electron chi connectivity index (χ1n) is 3.60. The second-order valence-corrected chi connectivity index (χ2v) is 3.94. The van der Waals surface area contributed by atoms with Gasteiger partial charge >= 0.3 is 0 Å². The minimum atomic E-state index is 0.571. The first-order chi connectivity index (χ1) is 5.41. The van der Waals surface area contributed by atoms with Crippen molar-refractivity contribution in [1.29, 1.82) is 0 Å². The molecule has 0 aliphatic carbocycles. The molecule has 0 saturated heterocycles. The number of hydrogen-bond donors (Lipinski definition) is 0. The minimum Gasteiger partial charge on any atom is -0.411 e. The van der Waals surface area contributed by atoms with Crippen molar-refractivity contribution in [3.05, 3.63) is 0 Å². The molecule has 0 aromatic carbocycles. The lowest BCUT2D eigenvalue weighted by molar-refractivity contribution is -0.151. The molecule has 0 fully saturated rings. The topological polar surface area (TPSA) is 22.0 Å². The van der Waals surface area contributed by atoms with Crippen LogP contribution in [0.25, 0.3) is 0 Å². The summed E-state index contributed by atoms with van der Waals surface area (Å²) in [5, 5.41) is 0. The highest BCUT2D eigenvalue weighted by atomic mass is 32.2. The molecule has 0 amide bonds. The van der Waals surface area contributed by atoms with Crippen molar-refractivity contribution in [3.63, 3.8) is 0 Å². The van der Waals surface area contributed by atoms with E-state index in [2.05, 4.69) is 17.2 Å². The Morgan fingerprint density at radius 1 is 1.18 bits per heavy atom. The minimum absolute atomic E-state index is 0.571. The molecule has 0 rings (SSSR count). The van der Waals surface area contributed by atoms with Gasteiger partial charge in [0.15, 0.2) is 6.61 Å². The van der Waals surface area contributed by atoms with E-state index in [0.29, 0.717) is 6.79 Å². The van der Waals surface area contributed by atoms with E-state index in [0.717, 1.165) is 24.7 Å². The van der Waals surface area contributed by atoms with Crippen molar-refractivity contribution < 1.29 is 9.47 Å². The summed E-state index contributed by atoms with van der Waals surface area (Å²) < 4.78 is 9.40. The van der Waals surface area contributed by atoms with Crippen LogP contribution in [0.2, 0.25) is 0 Å². The fourth-order valence-corrected chi connectivity index (χ4v) is 1.09. The molecule has 2 nitrogen and oxygen atoms in total. The van der Waals surface area contributed by atoms with Crippen LogP contribution in [0.15, 0.2) is 0 Å². The Morgan fingerprint density at radius 3 is 2.55 bits per heavy atom. The third kappa shape index (κ3) is 10.6. The Kier molecular flexibility index (Phi) is 11.2. The summed E-state index contributed by atoms with van der Waals surface area (Å²) in [4.78, 5) is 0. The smallest absolute Gasteiger partial charge is 0.254 e. The SMILES string of the molecule is CSCCOC[OH+]CCSC. The van der Waals surface area contributed by atoms with E-state index >= 15 is 0 Å². The summed E-state index contributed by atoms with van der Waals surface area (Å²) in [5.74, 6) is 2.17. The van der Waals surface area contributed by atoms with Gasteiger partial charge in [-0.15, -0.1) is 0 Å². The van der Waals surface area contributed by atoms with E-state index in [1.54, 1.807) is 11.8 Å².